The van der Waals surface area contributed by atoms with E-state index in [0.29, 0.717) is 16.4 Å². The Morgan fingerprint density at radius 2 is 1.62 bits per heavy atom. The molecule has 0 saturated carbocycles. The number of rotatable bonds is 10. The first-order chi connectivity index (χ1) is 17.3. The van der Waals surface area contributed by atoms with Crippen molar-refractivity contribution in [1.82, 2.24) is 0 Å². The molecule has 3 rings (SSSR count). The summed E-state index contributed by atoms with van der Waals surface area (Å²) in [4.78, 5) is 12.4. The molecule has 0 fully saturated rings. The lowest BCUT2D eigenvalue weighted by Gasteiger charge is -2.24. The van der Waals surface area contributed by atoms with Crippen LogP contribution in [-0.2, 0) is 24.8 Å². The third kappa shape index (κ3) is 7.75. The quantitative estimate of drug-likeness (QED) is 0.297. The van der Waals surface area contributed by atoms with Crippen molar-refractivity contribution in [3.63, 3.8) is 0 Å². The summed E-state index contributed by atoms with van der Waals surface area (Å²) in [6, 6.07) is 15.1. The first-order valence-electron chi connectivity index (χ1n) is 10.9. The van der Waals surface area contributed by atoms with Crippen molar-refractivity contribution in [2.24, 2.45) is 0 Å². The average Bonchev–Trinajstić information content (AvgIpc) is 2.81. The van der Waals surface area contributed by atoms with E-state index in [1.165, 1.54) is 40.7 Å². The molecule has 0 unspecified atom stereocenters. The van der Waals surface area contributed by atoms with Gasteiger partial charge in [-0.05, 0) is 67.4 Å². The van der Waals surface area contributed by atoms with E-state index >= 15 is 0 Å². The van der Waals surface area contributed by atoms with Gasteiger partial charge in [0.1, 0.15) is 0 Å². The molecule has 0 bridgehead atoms. The number of nitrogens with one attached hydrogen (secondary N) is 2. The van der Waals surface area contributed by atoms with E-state index in [1.807, 2.05) is 0 Å². The van der Waals surface area contributed by atoms with Crippen LogP contribution in [0.15, 0.2) is 65.6 Å². The molecule has 3 aromatic rings. The van der Waals surface area contributed by atoms with Gasteiger partial charge in [-0.1, -0.05) is 46.9 Å². The van der Waals surface area contributed by atoms with E-state index in [1.54, 1.807) is 31.2 Å². The Labute approximate surface area is 231 Å². The third-order valence-electron chi connectivity index (χ3n) is 5.25. The molecule has 0 aliphatic carbocycles. The van der Waals surface area contributed by atoms with Crippen molar-refractivity contribution in [2.45, 2.75) is 24.7 Å². The minimum Gasteiger partial charge on any atom is -0.326 e. The Balaban J connectivity index is 1.61. The lowest BCUT2D eigenvalue weighted by atomic mass is 10.2. The second-order valence-corrected chi connectivity index (χ2v) is 13.0. The summed E-state index contributed by atoms with van der Waals surface area (Å²) in [6.45, 7) is 1.86. The molecule has 0 atom stereocenters. The highest BCUT2D eigenvalue weighted by Gasteiger charge is 2.20. The smallest absolute Gasteiger partial charge is 0.261 e. The van der Waals surface area contributed by atoms with E-state index in [0.717, 1.165) is 11.8 Å². The van der Waals surface area contributed by atoms with Gasteiger partial charge in [0, 0.05) is 23.7 Å². The topological polar surface area (TPSA) is 113 Å². The standard InChI is InChI=1S/C24H24Cl3N3O5S2/c1-16-8-9-17(25)15-22(16)30(36(2,32)33)14-4-7-23(31)28-18-10-12-19(13-11-18)37(34,35)29-21-6-3-5-20(26)24(21)27/h3,5-6,8-13,15,29H,4,7,14H2,1-2H3,(H,28,31). The van der Waals surface area contributed by atoms with Crippen molar-refractivity contribution in [3.05, 3.63) is 81.3 Å². The zero-order valence-electron chi connectivity index (χ0n) is 19.8. The number of amides is 1. The molecule has 3 aromatic carbocycles. The van der Waals surface area contributed by atoms with Crippen molar-refractivity contribution < 1.29 is 21.6 Å². The summed E-state index contributed by atoms with van der Waals surface area (Å²) >= 11 is 18.0. The number of carbonyl (C=O) groups is 1. The van der Waals surface area contributed by atoms with Gasteiger partial charge < -0.3 is 5.32 Å². The Kier molecular flexibility index (Phi) is 9.36. The molecule has 0 aromatic heterocycles. The van der Waals surface area contributed by atoms with Gasteiger partial charge in [-0.15, -0.1) is 0 Å². The molecule has 0 aliphatic rings. The number of benzene rings is 3. The van der Waals surface area contributed by atoms with Crippen LogP contribution in [0.4, 0.5) is 17.1 Å². The third-order valence-corrected chi connectivity index (χ3v) is 8.86. The normalized spacial score (nSPS) is 11.7. The van der Waals surface area contributed by atoms with Gasteiger partial charge in [0.05, 0.1) is 32.6 Å². The van der Waals surface area contributed by atoms with Crippen LogP contribution in [0.1, 0.15) is 18.4 Å². The average molecular weight is 605 g/mol. The van der Waals surface area contributed by atoms with E-state index in [4.69, 9.17) is 34.8 Å². The number of hydrogen-bond acceptors (Lipinski definition) is 5. The largest absolute Gasteiger partial charge is 0.326 e. The maximum Gasteiger partial charge on any atom is 0.261 e. The van der Waals surface area contributed by atoms with Gasteiger partial charge in [0.2, 0.25) is 15.9 Å². The maximum atomic E-state index is 12.7. The van der Waals surface area contributed by atoms with E-state index in [2.05, 4.69) is 10.0 Å². The molecular formula is C24H24Cl3N3O5S2. The van der Waals surface area contributed by atoms with Crippen molar-refractivity contribution >= 4 is 77.8 Å². The predicted molar refractivity (Wildman–Crippen MR) is 150 cm³/mol. The predicted octanol–water partition coefficient (Wildman–Crippen LogP) is 5.94. The van der Waals surface area contributed by atoms with Crippen LogP contribution in [0, 0.1) is 6.92 Å². The highest BCUT2D eigenvalue weighted by molar-refractivity contribution is 7.92. The summed E-state index contributed by atoms with van der Waals surface area (Å²) in [5, 5.41) is 3.37. The summed E-state index contributed by atoms with van der Waals surface area (Å²) in [5.41, 5.74) is 1.72. The molecule has 0 radical (unpaired) electrons. The van der Waals surface area contributed by atoms with Crippen LogP contribution < -0.4 is 14.3 Å². The fraction of sp³-hybridized carbons (Fsp3) is 0.208. The number of anilines is 3. The zero-order valence-corrected chi connectivity index (χ0v) is 23.7. The number of sulfonamides is 2. The van der Waals surface area contributed by atoms with Gasteiger partial charge in [0.25, 0.3) is 10.0 Å². The summed E-state index contributed by atoms with van der Waals surface area (Å²) in [6.07, 6.45) is 1.39. The second kappa shape index (κ2) is 11.9. The van der Waals surface area contributed by atoms with Crippen LogP contribution in [-0.4, -0.2) is 35.5 Å². The molecular weight excluding hydrogens is 581 g/mol. The number of hydrogen-bond donors (Lipinski definition) is 2. The molecule has 0 spiro atoms. The Morgan fingerprint density at radius 3 is 2.27 bits per heavy atom. The van der Waals surface area contributed by atoms with Crippen LogP contribution in [0.25, 0.3) is 0 Å². The van der Waals surface area contributed by atoms with Crippen LogP contribution in [0.3, 0.4) is 0 Å². The summed E-state index contributed by atoms with van der Waals surface area (Å²) in [5.74, 6) is -0.351. The minimum atomic E-state index is -3.95. The Hall–Kier alpha value is -2.50. The number of halogens is 3. The highest BCUT2D eigenvalue weighted by Crippen LogP contribution is 2.31. The van der Waals surface area contributed by atoms with E-state index in [-0.39, 0.29) is 45.9 Å². The van der Waals surface area contributed by atoms with Crippen molar-refractivity contribution in [3.8, 4) is 0 Å². The molecule has 0 saturated heterocycles. The first kappa shape index (κ1) is 29.1. The molecule has 13 heteroatoms. The fourth-order valence-corrected chi connectivity index (χ4v) is 6.08. The molecule has 1 amide bonds. The van der Waals surface area contributed by atoms with Gasteiger partial charge in [-0.2, -0.15) is 0 Å². The Bertz CT molecular complexity index is 1510. The lowest BCUT2D eigenvalue weighted by Crippen LogP contribution is -2.32. The van der Waals surface area contributed by atoms with Crippen LogP contribution >= 0.6 is 34.8 Å². The molecule has 0 heterocycles. The summed E-state index contributed by atoms with van der Waals surface area (Å²) in [7, 11) is -7.54. The molecule has 37 heavy (non-hydrogen) atoms. The van der Waals surface area contributed by atoms with Crippen LogP contribution in [0.5, 0.6) is 0 Å². The van der Waals surface area contributed by atoms with Crippen molar-refractivity contribution in [2.75, 3.05) is 27.1 Å². The minimum absolute atomic E-state index is 0.0396. The zero-order chi connectivity index (χ0) is 27.4. The highest BCUT2D eigenvalue weighted by atomic mass is 35.5. The summed E-state index contributed by atoms with van der Waals surface area (Å²) < 4.78 is 53.7. The van der Waals surface area contributed by atoms with Gasteiger partial charge in [-0.25, -0.2) is 16.8 Å². The van der Waals surface area contributed by atoms with E-state index < -0.39 is 20.0 Å². The molecule has 198 valence electrons. The fourth-order valence-electron chi connectivity index (χ4n) is 3.43. The monoisotopic (exact) mass is 603 g/mol. The number of carbonyl (C=O) groups excluding carboxylic acids is 1. The molecule has 2 N–H and O–H groups in total. The second-order valence-electron chi connectivity index (χ2n) is 8.15. The maximum absolute atomic E-state index is 12.7. The molecule has 8 nitrogen and oxygen atoms in total. The Morgan fingerprint density at radius 1 is 0.946 bits per heavy atom. The molecule has 0 aliphatic heterocycles. The van der Waals surface area contributed by atoms with E-state index in [9.17, 15) is 21.6 Å². The van der Waals surface area contributed by atoms with Crippen molar-refractivity contribution in [1.29, 1.82) is 0 Å². The number of nitrogens with zero attached hydrogens (tertiary/aromatic N) is 1. The van der Waals surface area contributed by atoms with Gasteiger partial charge in [0.15, 0.2) is 0 Å². The van der Waals surface area contributed by atoms with Gasteiger partial charge in [-0.3, -0.25) is 13.8 Å². The lowest BCUT2D eigenvalue weighted by molar-refractivity contribution is -0.116. The number of aryl methyl sites for hydroxylation is 1. The van der Waals surface area contributed by atoms with Crippen LogP contribution in [0.2, 0.25) is 15.1 Å². The van der Waals surface area contributed by atoms with Gasteiger partial charge >= 0.3 is 0 Å². The SMILES string of the molecule is Cc1ccc(Cl)cc1N(CCCC(=O)Nc1ccc(S(=O)(=O)Nc2cccc(Cl)c2Cl)cc1)S(C)(=O)=O. The first-order valence-corrected chi connectivity index (χ1v) is 15.3.